The molecule has 9 heteroatoms. The summed E-state index contributed by atoms with van der Waals surface area (Å²) in [6.45, 7) is 3.65. The monoisotopic (exact) mass is 377 g/mol. The molecule has 0 saturated carbocycles. The van der Waals surface area contributed by atoms with Crippen molar-refractivity contribution in [1.29, 1.82) is 0 Å². The molecule has 0 aliphatic heterocycles. The minimum atomic E-state index is -3.60. The third-order valence-corrected chi connectivity index (χ3v) is 5.92. The number of hydrogen-bond donors (Lipinski definition) is 2. The molecular weight excluding hydrogens is 357 g/mol. The predicted octanol–water partition coefficient (Wildman–Crippen LogP) is 2.65. The summed E-state index contributed by atoms with van der Waals surface area (Å²) in [6.07, 6.45) is -0.369. The molecule has 2 aromatic carbocycles. The van der Waals surface area contributed by atoms with Crippen LogP contribution in [0.15, 0.2) is 39.9 Å². The summed E-state index contributed by atoms with van der Waals surface area (Å²) >= 11 is 0. The molecule has 8 nitrogen and oxygen atoms in total. The third-order valence-electron chi connectivity index (χ3n) is 3.99. The van der Waals surface area contributed by atoms with Crippen molar-refractivity contribution in [1.82, 2.24) is 9.55 Å². The standard InChI is InChI=1S/C17H20N3O5P/c1-3-24-26(23,25-4-2)10-20-14-9-13(18)11-7-5-6-8-12(11)15(14)19-16(21)17(20)22/h5-9H,3-4,10,18H2,1-2H3,(H,19,21). The fourth-order valence-corrected chi connectivity index (χ4v) is 4.61. The van der Waals surface area contributed by atoms with E-state index < -0.39 is 18.7 Å². The highest BCUT2D eigenvalue weighted by atomic mass is 31.2. The Morgan fingerprint density at radius 2 is 1.73 bits per heavy atom. The number of H-pyrrole nitrogens is 1. The molecule has 1 aromatic heterocycles. The number of nitrogen functional groups attached to an aromatic ring is 1. The zero-order valence-corrected chi connectivity index (χ0v) is 15.4. The van der Waals surface area contributed by atoms with Crippen molar-refractivity contribution in [3.05, 3.63) is 51.0 Å². The van der Waals surface area contributed by atoms with Crippen LogP contribution in [-0.4, -0.2) is 22.8 Å². The number of hydrogen-bond acceptors (Lipinski definition) is 6. The van der Waals surface area contributed by atoms with Crippen molar-refractivity contribution in [2.24, 2.45) is 0 Å². The Balaban J connectivity index is 2.34. The lowest BCUT2D eigenvalue weighted by Gasteiger charge is -2.19. The minimum Gasteiger partial charge on any atom is -0.398 e. The molecule has 3 aromatic rings. The molecule has 3 N–H and O–H groups in total. The highest BCUT2D eigenvalue weighted by Crippen LogP contribution is 2.49. The van der Waals surface area contributed by atoms with E-state index in [2.05, 4.69) is 4.98 Å². The Morgan fingerprint density at radius 1 is 1.12 bits per heavy atom. The number of aromatic amines is 1. The van der Waals surface area contributed by atoms with E-state index in [9.17, 15) is 14.2 Å². The maximum Gasteiger partial charge on any atom is 0.350 e. The summed E-state index contributed by atoms with van der Waals surface area (Å²) in [4.78, 5) is 27.3. The smallest absolute Gasteiger partial charge is 0.350 e. The average Bonchev–Trinajstić information content (AvgIpc) is 2.61. The van der Waals surface area contributed by atoms with E-state index >= 15 is 0 Å². The Morgan fingerprint density at radius 3 is 2.35 bits per heavy atom. The lowest BCUT2D eigenvalue weighted by molar-refractivity contribution is 0.214. The van der Waals surface area contributed by atoms with Crippen LogP contribution < -0.4 is 16.9 Å². The Hall–Kier alpha value is -2.41. The van der Waals surface area contributed by atoms with Crippen molar-refractivity contribution in [3.63, 3.8) is 0 Å². The van der Waals surface area contributed by atoms with E-state index in [-0.39, 0.29) is 19.5 Å². The van der Waals surface area contributed by atoms with Crippen LogP contribution in [0.25, 0.3) is 21.8 Å². The number of fused-ring (bicyclic) bond motifs is 3. The second-order valence-corrected chi connectivity index (χ2v) is 7.70. The van der Waals surface area contributed by atoms with Crippen molar-refractivity contribution in [2.45, 2.75) is 20.1 Å². The lowest BCUT2D eigenvalue weighted by atomic mass is 10.1. The summed E-state index contributed by atoms with van der Waals surface area (Å²) in [5, 5.41) is 1.44. The fraction of sp³-hybridized carbons (Fsp3) is 0.294. The van der Waals surface area contributed by atoms with Gasteiger partial charge in [0.25, 0.3) is 0 Å². The van der Waals surface area contributed by atoms with Gasteiger partial charge in [-0.15, -0.1) is 0 Å². The molecule has 26 heavy (non-hydrogen) atoms. The molecule has 0 fully saturated rings. The molecule has 138 valence electrons. The summed E-state index contributed by atoms with van der Waals surface area (Å²) in [7, 11) is -3.60. The maximum atomic E-state index is 12.9. The zero-order chi connectivity index (χ0) is 18.9. The Labute approximate surface area is 149 Å². The van der Waals surface area contributed by atoms with Crippen molar-refractivity contribution in [3.8, 4) is 0 Å². The van der Waals surface area contributed by atoms with E-state index in [0.717, 1.165) is 9.95 Å². The number of nitrogens with zero attached hydrogens (tertiary/aromatic N) is 1. The van der Waals surface area contributed by atoms with Gasteiger partial charge < -0.3 is 19.8 Å². The van der Waals surface area contributed by atoms with Crippen molar-refractivity contribution >= 4 is 35.1 Å². The summed E-state index contributed by atoms with van der Waals surface area (Å²) in [6, 6.07) is 8.83. The molecule has 0 unspecified atom stereocenters. The summed E-state index contributed by atoms with van der Waals surface area (Å²) in [5.41, 5.74) is 5.72. The SMILES string of the molecule is CCOP(=O)(Cn1c(=O)c(=O)[nH]c2c3ccccc3c(N)cc21)OCC. The van der Waals surface area contributed by atoms with Crippen LogP contribution in [-0.2, 0) is 19.9 Å². The van der Waals surface area contributed by atoms with Crippen LogP contribution in [0.3, 0.4) is 0 Å². The number of nitrogens with one attached hydrogen (secondary N) is 1. The quantitative estimate of drug-likeness (QED) is 0.295. The molecule has 3 rings (SSSR count). The highest BCUT2D eigenvalue weighted by Gasteiger charge is 2.27. The van der Waals surface area contributed by atoms with Crippen LogP contribution >= 0.6 is 7.60 Å². The Bertz CT molecular complexity index is 1120. The van der Waals surface area contributed by atoms with E-state index in [1.54, 1.807) is 32.0 Å². The molecule has 0 radical (unpaired) electrons. The van der Waals surface area contributed by atoms with Crippen LogP contribution in [0, 0.1) is 0 Å². The molecule has 0 saturated heterocycles. The first-order chi connectivity index (χ1) is 12.4. The lowest BCUT2D eigenvalue weighted by Crippen LogP contribution is -2.36. The van der Waals surface area contributed by atoms with Gasteiger partial charge in [0.2, 0.25) is 0 Å². The van der Waals surface area contributed by atoms with Gasteiger partial charge in [-0.05, 0) is 19.9 Å². The molecule has 0 bridgehead atoms. The van der Waals surface area contributed by atoms with Crippen LogP contribution in [0.1, 0.15) is 13.8 Å². The second kappa shape index (κ2) is 7.07. The molecule has 0 aliphatic carbocycles. The predicted molar refractivity (Wildman–Crippen MR) is 102 cm³/mol. The first-order valence-corrected chi connectivity index (χ1v) is 9.95. The van der Waals surface area contributed by atoms with Gasteiger partial charge in [0.1, 0.15) is 6.29 Å². The maximum absolute atomic E-state index is 12.9. The topological polar surface area (TPSA) is 116 Å². The fourth-order valence-electron chi connectivity index (χ4n) is 2.96. The summed E-state index contributed by atoms with van der Waals surface area (Å²) < 4.78 is 24.5. The third kappa shape index (κ3) is 3.19. The van der Waals surface area contributed by atoms with Crippen LogP contribution in [0.2, 0.25) is 0 Å². The van der Waals surface area contributed by atoms with Crippen LogP contribution in [0.4, 0.5) is 5.69 Å². The van der Waals surface area contributed by atoms with Gasteiger partial charge in [0.15, 0.2) is 0 Å². The number of anilines is 1. The number of rotatable bonds is 6. The van der Waals surface area contributed by atoms with Gasteiger partial charge in [0, 0.05) is 16.5 Å². The first-order valence-electron chi connectivity index (χ1n) is 8.22. The van der Waals surface area contributed by atoms with Gasteiger partial charge >= 0.3 is 18.7 Å². The van der Waals surface area contributed by atoms with Gasteiger partial charge in [-0.25, -0.2) is 0 Å². The number of aromatic nitrogens is 2. The molecule has 0 spiro atoms. The van der Waals surface area contributed by atoms with Gasteiger partial charge in [-0.1, -0.05) is 24.3 Å². The minimum absolute atomic E-state index is 0.151. The van der Waals surface area contributed by atoms with Crippen LogP contribution in [0.5, 0.6) is 0 Å². The largest absolute Gasteiger partial charge is 0.398 e. The number of benzene rings is 2. The average molecular weight is 377 g/mol. The highest BCUT2D eigenvalue weighted by molar-refractivity contribution is 7.52. The van der Waals surface area contributed by atoms with Crippen molar-refractivity contribution in [2.75, 3.05) is 18.9 Å². The second-order valence-electron chi connectivity index (χ2n) is 5.68. The van der Waals surface area contributed by atoms with Crippen molar-refractivity contribution < 1.29 is 13.6 Å². The van der Waals surface area contributed by atoms with E-state index in [1.807, 2.05) is 12.1 Å². The summed E-state index contributed by atoms with van der Waals surface area (Å²) in [5.74, 6) is 0. The van der Waals surface area contributed by atoms with Gasteiger partial charge in [-0.2, -0.15) is 0 Å². The molecular formula is C17H20N3O5P. The first kappa shape index (κ1) is 18.4. The van der Waals surface area contributed by atoms with Gasteiger partial charge in [-0.3, -0.25) is 18.7 Å². The molecule has 0 aliphatic rings. The van der Waals surface area contributed by atoms with E-state index in [4.69, 9.17) is 14.8 Å². The van der Waals surface area contributed by atoms with E-state index in [1.165, 1.54) is 0 Å². The van der Waals surface area contributed by atoms with E-state index in [0.29, 0.717) is 22.1 Å². The molecule has 1 heterocycles. The molecule has 0 atom stereocenters. The normalized spacial score (nSPS) is 12.1. The zero-order valence-electron chi connectivity index (χ0n) is 14.5. The van der Waals surface area contributed by atoms with Gasteiger partial charge in [0.05, 0.1) is 24.2 Å². The number of nitrogens with two attached hydrogens (primary N) is 1. The molecule has 0 amide bonds. The Kier molecular flexibility index (Phi) is 5.00.